The monoisotopic (exact) mass is 330 g/mol. The van der Waals surface area contributed by atoms with E-state index in [1.54, 1.807) is 18.5 Å². The molecule has 3 aromatic rings. The lowest BCUT2D eigenvalue weighted by molar-refractivity contribution is 0.0699. The fourth-order valence-corrected chi connectivity index (χ4v) is 2.59. The van der Waals surface area contributed by atoms with Crippen molar-refractivity contribution in [2.75, 3.05) is 0 Å². The van der Waals surface area contributed by atoms with Gasteiger partial charge in [-0.1, -0.05) is 28.1 Å². The number of aromatic carboxylic acids is 1. The molecule has 0 aliphatic heterocycles. The maximum atomic E-state index is 11.2. The first-order chi connectivity index (χ1) is 9.58. The van der Waals surface area contributed by atoms with Crippen molar-refractivity contribution < 1.29 is 9.90 Å². The molecule has 3 rings (SSSR count). The number of fused-ring (bicyclic) bond motifs is 1. The number of hydrogen-bond donors (Lipinski definition) is 1. The van der Waals surface area contributed by atoms with E-state index in [0.29, 0.717) is 5.52 Å². The van der Waals surface area contributed by atoms with Crippen LogP contribution >= 0.6 is 15.9 Å². The van der Waals surface area contributed by atoms with Crippen LogP contribution in [0.1, 0.15) is 15.9 Å². The number of aromatic nitrogens is 2. The number of aryl methyl sites for hydroxylation is 1. The van der Waals surface area contributed by atoms with Crippen LogP contribution in [0.4, 0.5) is 0 Å². The highest BCUT2D eigenvalue weighted by Crippen LogP contribution is 2.25. The van der Waals surface area contributed by atoms with Gasteiger partial charge >= 0.3 is 5.97 Å². The molecule has 20 heavy (non-hydrogen) atoms. The second kappa shape index (κ2) is 4.76. The summed E-state index contributed by atoms with van der Waals surface area (Å²) in [5.74, 6) is -0.966. The number of halogens is 1. The quantitative estimate of drug-likeness (QED) is 0.777. The van der Waals surface area contributed by atoms with Crippen LogP contribution in [0.3, 0.4) is 0 Å². The van der Waals surface area contributed by atoms with Crippen molar-refractivity contribution in [3.05, 3.63) is 58.3 Å². The van der Waals surface area contributed by atoms with E-state index in [-0.39, 0.29) is 5.56 Å². The number of rotatable bonds is 2. The highest BCUT2D eigenvalue weighted by molar-refractivity contribution is 9.10. The molecular weight excluding hydrogens is 320 g/mol. The minimum Gasteiger partial charge on any atom is -0.478 e. The van der Waals surface area contributed by atoms with Gasteiger partial charge in [-0.15, -0.1) is 0 Å². The molecular formula is C15H11BrN2O2. The Hall–Kier alpha value is -2.14. The van der Waals surface area contributed by atoms with Crippen molar-refractivity contribution in [1.82, 2.24) is 9.55 Å². The van der Waals surface area contributed by atoms with Gasteiger partial charge in [0.15, 0.2) is 0 Å². The van der Waals surface area contributed by atoms with Crippen molar-refractivity contribution in [3.8, 4) is 5.69 Å². The van der Waals surface area contributed by atoms with Crippen LogP contribution in [0.25, 0.3) is 16.7 Å². The van der Waals surface area contributed by atoms with Crippen LogP contribution in [0.15, 0.2) is 47.2 Å². The third-order valence-corrected chi connectivity index (χ3v) is 3.73. The number of nitrogens with zero attached hydrogens (tertiary/aromatic N) is 2. The van der Waals surface area contributed by atoms with Gasteiger partial charge in [0.05, 0.1) is 16.8 Å². The molecule has 5 heteroatoms. The van der Waals surface area contributed by atoms with E-state index in [4.69, 9.17) is 0 Å². The summed E-state index contributed by atoms with van der Waals surface area (Å²) in [5, 5.41) is 9.20. The summed E-state index contributed by atoms with van der Waals surface area (Å²) in [7, 11) is 0. The number of carboxylic acids is 1. The maximum absolute atomic E-state index is 11.2. The number of hydrogen-bond acceptors (Lipinski definition) is 2. The van der Waals surface area contributed by atoms with Gasteiger partial charge in [-0.3, -0.25) is 4.57 Å². The highest BCUT2D eigenvalue weighted by Gasteiger charge is 2.14. The van der Waals surface area contributed by atoms with Crippen molar-refractivity contribution in [3.63, 3.8) is 0 Å². The first kappa shape index (κ1) is 12.9. The lowest BCUT2D eigenvalue weighted by atomic mass is 10.1. The number of carbonyl (C=O) groups is 1. The molecule has 0 spiro atoms. The molecule has 0 fully saturated rings. The van der Waals surface area contributed by atoms with Crippen LogP contribution in [-0.2, 0) is 0 Å². The smallest absolute Gasteiger partial charge is 0.337 e. The number of carboxylic acid groups (broad SMARTS) is 1. The summed E-state index contributed by atoms with van der Waals surface area (Å²) in [4.78, 5) is 15.5. The molecule has 0 aliphatic rings. The molecule has 0 atom stereocenters. The van der Waals surface area contributed by atoms with Crippen LogP contribution in [0.2, 0.25) is 0 Å². The summed E-state index contributed by atoms with van der Waals surface area (Å²) in [6.07, 6.45) is 1.66. The molecule has 1 aromatic heterocycles. The van der Waals surface area contributed by atoms with Crippen molar-refractivity contribution >= 4 is 32.9 Å². The largest absolute Gasteiger partial charge is 0.478 e. The molecule has 0 aliphatic carbocycles. The molecule has 0 saturated carbocycles. The van der Waals surface area contributed by atoms with E-state index in [0.717, 1.165) is 21.2 Å². The van der Waals surface area contributed by atoms with Gasteiger partial charge in [-0.2, -0.15) is 0 Å². The van der Waals surface area contributed by atoms with E-state index in [1.165, 1.54) is 0 Å². The molecule has 0 amide bonds. The molecule has 4 nitrogen and oxygen atoms in total. The van der Waals surface area contributed by atoms with Crippen LogP contribution in [0.5, 0.6) is 0 Å². The fraction of sp³-hybridized carbons (Fsp3) is 0.0667. The van der Waals surface area contributed by atoms with Gasteiger partial charge in [0, 0.05) is 4.47 Å². The zero-order chi connectivity index (χ0) is 14.3. The predicted octanol–water partition coefficient (Wildman–Crippen LogP) is 3.79. The Kier molecular flexibility index (Phi) is 3.06. The van der Waals surface area contributed by atoms with Crippen LogP contribution < -0.4 is 0 Å². The molecule has 0 saturated heterocycles. The summed E-state index contributed by atoms with van der Waals surface area (Å²) in [6, 6.07) is 11.1. The summed E-state index contributed by atoms with van der Waals surface area (Å²) < 4.78 is 2.87. The highest BCUT2D eigenvalue weighted by atomic mass is 79.9. The third-order valence-electron chi connectivity index (χ3n) is 3.24. The summed E-state index contributed by atoms with van der Waals surface area (Å²) in [5.41, 5.74) is 3.57. The van der Waals surface area contributed by atoms with Crippen molar-refractivity contribution in [2.24, 2.45) is 0 Å². The third kappa shape index (κ3) is 2.00. The fourth-order valence-electron chi connectivity index (χ4n) is 2.25. The van der Waals surface area contributed by atoms with Gasteiger partial charge in [-0.25, -0.2) is 9.78 Å². The van der Waals surface area contributed by atoms with Gasteiger partial charge in [-0.05, 0) is 36.8 Å². The standard InChI is InChI=1S/C15H11BrN2O2/c1-9-5-6-10(16)7-13(9)18-8-17-14-11(15(19)20)3-2-4-12(14)18/h2-8H,1H3,(H,19,20). The van der Waals surface area contributed by atoms with Gasteiger partial charge in [0.1, 0.15) is 11.8 Å². The van der Waals surface area contributed by atoms with Crippen molar-refractivity contribution in [2.45, 2.75) is 6.92 Å². The van der Waals surface area contributed by atoms with Gasteiger partial charge < -0.3 is 5.11 Å². The second-order valence-corrected chi connectivity index (χ2v) is 5.44. The minimum absolute atomic E-state index is 0.217. The Labute approximate surface area is 123 Å². The number of para-hydroxylation sites is 1. The number of imidazole rings is 1. The van der Waals surface area contributed by atoms with Gasteiger partial charge in [0.2, 0.25) is 0 Å². The number of benzene rings is 2. The second-order valence-electron chi connectivity index (χ2n) is 4.52. The van der Waals surface area contributed by atoms with Crippen molar-refractivity contribution in [1.29, 1.82) is 0 Å². The van der Waals surface area contributed by atoms with E-state index in [2.05, 4.69) is 20.9 Å². The minimum atomic E-state index is -0.966. The van der Waals surface area contributed by atoms with E-state index in [9.17, 15) is 9.90 Å². The molecule has 1 N–H and O–H groups in total. The first-order valence-corrected chi connectivity index (χ1v) is 6.83. The summed E-state index contributed by atoms with van der Waals surface area (Å²) in [6.45, 7) is 2.01. The predicted molar refractivity (Wildman–Crippen MR) is 80.5 cm³/mol. The Balaban J connectivity index is 2.31. The lowest BCUT2D eigenvalue weighted by Crippen LogP contribution is -1.98. The van der Waals surface area contributed by atoms with Crippen LogP contribution in [-0.4, -0.2) is 20.6 Å². The normalized spacial score (nSPS) is 10.9. The Bertz CT molecular complexity index is 824. The average Bonchev–Trinajstić information content (AvgIpc) is 2.85. The average molecular weight is 331 g/mol. The Morgan fingerprint density at radius 1 is 1.30 bits per heavy atom. The molecule has 0 unspecified atom stereocenters. The molecule has 0 bridgehead atoms. The van der Waals surface area contributed by atoms with Gasteiger partial charge in [0.25, 0.3) is 0 Å². The zero-order valence-corrected chi connectivity index (χ0v) is 12.3. The van der Waals surface area contributed by atoms with Crippen LogP contribution in [0, 0.1) is 6.92 Å². The molecule has 2 aromatic carbocycles. The SMILES string of the molecule is Cc1ccc(Br)cc1-n1cnc2c(C(=O)O)cccc21. The van der Waals surface area contributed by atoms with E-state index >= 15 is 0 Å². The Morgan fingerprint density at radius 3 is 2.85 bits per heavy atom. The lowest BCUT2D eigenvalue weighted by Gasteiger charge is -2.09. The summed E-state index contributed by atoms with van der Waals surface area (Å²) >= 11 is 3.46. The van der Waals surface area contributed by atoms with E-state index < -0.39 is 5.97 Å². The Morgan fingerprint density at radius 2 is 2.10 bits per heavy atom. The molecule has 1 heterocycles. The first-order valence-electron chi connectivity index (χ1n) is 6.04. The van der Waals surface area contributed by atoms with E-state index in [1.807, 2.05) is 35.8 Å². The molecule has 100 valence electrons. The topological polar surface area (TPSA) is 55.1 Å². The zero-order valence-electron chi connectivity index (χ0n) is 10.7. The maximum Gasteiger partial charge on any atom is 0.337 e. The molecule has 0 radical (unpaired) electrons.